The van der Waals surface area contributed by atoms with E-state index in [-0.39, 0.29) is 5.91 Å². The quantitative estimate of drug-likeness (QED) is 0.863. The van der Waals surface area contributed by atoms with E-state index in [0.717, 1.165) is 25.1 Å². The second kappa shape index (κ2) is 5.29. The van der Waals surface area contributed by atoms with Crippen molar-refractivity contribution in [2.24, 2.45) is 0 Å². The van der Waals surface area contributed by atoms with Crippen LogP contribution in [-0.2, 0) is 11.2 Å². The molecule has 2 heterocycles. The van der Waals surface area contributed by atoms with Crippen LogP contribution in [0.2, 0.25) is 0 Å². The van der Waals surface area contributed by atoms with E-state index in [1.165, 1.54) is 19.3 Å². The van der Waals surface area contributed by atoms with Crippen molar-refractivity contribution in [3.63, 3.8) is 0 Å². The fourth-order valence-corrected chi connectivity index (χ4v) is 3.21. The fourth-order valence-electron chi connectivity index (χ4n) is 3.21. The van der Waals surface area contributed by atoms with Gasteiger partial charge in [-0.05, 0) is 50.8 Å². The molecule has 1 saturated carbocycles. The highest BCUT2D eigenvalue weighted by molar-refractivity contribution is 5.78. The Hall–Kier alpha value is -1.42. The van der Waals surface area contributed by atoms with Crippen LogP contribution in [0.5, 0.6) is 0 Å². The number of nitrogens with zero attached hydrogens (tertiary/aromatic N) is 1. The third-order valence-electron chi connectivity index (χ3n) is 4.37. The molecule has 4 nitrogen and oxygen atoms in total. The summed E-state index contributed by atoms with van der Waals surface area (Å²) < 4.78 is 0. The molecule has 1 aromatic rings. The summed E-state index contributed by atoms with van der Waals surface area (Å²) in [6, 6.07) is 6.02. The molecule has 1 unspecified atom stereocenters. The molecule has 1 atom stereocenters. The maximum absolute atomic E-state index is 12.0. The molecule has 2 aliphatic rings. The van der Waals surface area contributed by atoms with Crippen LogP contribution in [0.25, 0.3) is 0 Å². The van der Waals surface area contributed by atoms with Gasteiger partial charge in [0.1, 0.15) is 0 Å². The monoisotopic (exact) mass is 259 g/mol. The number of carbonyl (C=O) groups excluding carboxylic acids is 1. The molecule has 4 heteroatoms. The van der Waals surface area contributed by atoms with Crippen molar-refractivity contribution in [1.82, 2.24) is 15.6 Å². The first kappa shape index (κ1) is 12.6. The van der Waals surface area contributed by atoms with E-state index in [2.05, 4.69) is 15.6 Å². The highest BCUT2D eigenvalue weighted by Crippen LogP contribution is 2.38. The summed E-state index contributed by atoms with van der Waals surface area (Å²) in [4.78, 5) is 16.2. The average molecular weight is 259 g/mol. The van der Waals surface area contributed by atoms with E-state index < -0.39 is 0 Å². The third-order valence-corrected chi connectivity index (χ3v) is 4.37. The Morgan fingerprint density at radius 2 is 2.37 bits per heavy atom. The first-order valence-corrected chi connectivity index (χ1v) is 7.20. The summed E-state index contributed by atoms with van der Waals surface area (Å²) in [7, 11) is 0. The Kier molecular flexibility index (Phi) is 3.51. The molecule has 1 spiro atoms. The van der Waals surface area contributed by atoms with E-state index >= 15 is 0 Å². The molecule has 3 rings (SSSR count). The van der Waals surface area contributed by atoms with Crippen molar-refractivity contribution < 1.29 is 4.79 Å². The largest absolute Gasteiger partial charge is 0.353 e. The molecule has 0 radical (unpaired) electrons. The second-order valence-electron chi connectivity index (χ2n) is 5.82. The van der Waals surface area contributed by atoms with Gasteiger partial charge in [-0.1, -0.05) is 6.07 Å². The van der Waals surface area contributed by atoms with Crippen LogP contribution in [-0.4, -0.2) is 29.0 Å². The van der Waals surface area contributed by atoms with Crippen LogP contribution >= 0.6 is 0 Å². The fraction of sp³-hybridized carbons (Fsp3) is 0.600. The van der Waals surface area contributed by atoms with Crippen molar-refractivity contribution >= 4 is 5.91 Å². The molecule has 1 saturated heterocycles. The number of rotatable bonds is 3. The van der Waals surface area contributed by atoms with Crippen molar-refractivity contribution in [2.75, 3.05) is 6.54 Å². The molecule has 0 bridgehead atoms. The summed E-state index contributed by atoms with van der Waals surface area (Å²) in [6.07, 6.45) is 8.09. The van der Waals surface area contributed by atoms with Crippen molar-refractivity contribution in [2.45, 2.75) is 50.1 Å². The van der Waals surface area contributed by atoms with Crippen LogP contribution in [0, 0.1) is 0 Å². The van der Waals surface area contributed by atoms with Crippen LogP contribution in [0.3, 0.4) is 0 Å². The van der Waals surface area contributed by atoms with E-state index in [1.807, 2.05) is 18.2 Å². The number of amides is 1. The minimum Gasteiger partial charge on any atom is -0.353 e. The maximum atomic E-state index is 12.0. The normalized spacial score (nSPS) is 24.7. The number of carbonyl (C=O) groups is 1. The topological polar surface area (TPSA) is 54.0 Å². The van der Waals surface area contributed by atoms with Gasteiger partial charge in [0.25, 0.3) is 0 Å². The smallest absolute Gasteiger partial charge is 0.226 e. The Labute approximate surface area is 114 Å². The van der Waals surface area contributed by atoms with Crippen LogP contribution < -0.4 is 10.6 Å². The van der Waals surface area contributed by atoms with Gasteiger partial charge in [0, 0.05) is 23.5 Å². The molecular formula is C15H21N3O. The minimum absolute atomic E-state index is 0.0973. The third kappa shape index (κ3) is 2.95. The molecule has 102 valence electrons. The lowest BCUT2D eigenvalue weighted by atomic mass is 9.70. The second-order valence-corrected chi connectivity index (χ2v) is 5.82. The van der Waals surface area contributed by atoms with Gasteiger partial charge in [-0.25, -0.2) is 0 Å². The summed E-state index contributed by atoms with van der Waals surface area (Å²) in [5.41, 5.74) is 1.17. The van der Waals surface area contributed by atoms with E-state index in [1.54, 1.807) is 6.20 Å². The number of hydrogen-bond acceptors (Lipinski definition) is 3. The average Bonchev–Trinajstić information content (AvgIpc) is 2.38. The van der Waals surface area contributed by atoms with Gasteiger partial charge >= 0.3 is 0 Å². The molecular weight excluding hydrogens is 238 g/mol. The first-order valence-electron chi connectivity index (χ1n) is 7.20. The van der Waals surface area contributed by atoms with Gasteiger partial charge in [-0.15, -0.1) is 0 Å². The molecule has 19 heavy (non-hydrogen) atoms. The van der Waals surface area contributed by atoms with Gasteiger partial charge in [-0.3, -0.25) is 9.78 Å². The minimum atomic E-state index is 0.0973. The zero-order chi connectivity index (χ0) is 13.1. The zero-order valence-electron chi connectivity index (χ0n) is 11.2. The summed E-state index contributed by atoms with van der Waals surface area (Å²) in [5, 5.41) is 6.79. The molecule has 1 aliphatic heterocycles. The highest BCUT2D eigenvalue weighted by Gasteiger charge is 2.41. The summed E-state index contributed by atoms with van der Waals surface area (Å²) in [5.74, 6) is 0.0973. The van der Waals surface area contributed by atoms with Gasteiger partial charge in [0.15, 0.2) is 0 Å². The van der Waals surface area contributed by atoms with E-state index in [0.29, 0.717) is 18.0 Å². The SMILES string of the molecule is O=C(Cc1ccccn1)NC1CCNC2(CCC2)C1. The Morgan fingerprint density at radius 3 is 3.05 bits per heavy atom. The van der Waals surface area contributed by atoms with Crippen LogP contribution in [0.1, 0.15) is 37.8 Å². The van der Waals surface area contributed by atoms with Gasteiger partial charge in [0.2, 0.25) is 5.91 Å². The number of piperidine rings is 1. The lowest BCUT2D eigenvalue weighted by molar-refractivity contribution is -0.121. The zero-order valence-corrected chi connectivity index (χ0v) is 11.2. The molecule has 2 fully saturated rings. The number of pyridine rings is 1. The molecule has 0 aromatic carbocycles. The van der Waals surface area contributed by atoms with Gasteiger partial charge in [0.05, 0.1) is 6.42 Å². The van der Waals surface area contributed by atoms with E-state index in [4.69, 9.17) is 0 Å². The van der Waals surface area contributed by atoms with Crippen molar-refractivity contribution in [1.29, 1.82) is 0 Å². The van der Waals surface area contributed by atoms with E-state index in [9.17, 15) is 4.79 Å². The van der Waals surface area contributed by atoms with Gasteiger partial charge in [-0.2, -0.15) is 0 Å². The highest BCUT2D eigenvalue weighted by atomic mass is 16.1. The van der Waals surface area contributed by atoms with Crippen molar-refractivity contribution in [3.05, 3.63) is 30.1 Å². The van der Waals surface area contributed by atoms with Crippen LogP contribution in [0.15, 0.2) is 24.4 Å². The number of aromatic nitrogens is 1. The maximum Gasteiger partial charge on any atom is 0.226 e. The predicted molar refractivity (Wildman–Crippen MR) is 73.7 cm³/mol. The first-order chi connectivity index (χ1) is 9.26. The Bertz CT molecular complexity index is 442. The lowest BCUT2D eigenvalue weighted by Gasteiger charge is -2.48. The van der Waals surface area contributed by atoms with Gasteiger partial charge < -0.3 is 10.6 Å². The standard InChI is InChI=1S/C15H21N3O/c19-14(10-12-4-1-2-8-16-12)18-13-5-9-17-15(11-13)6-3-7-15/h1-2,4,8,13,17H,3,5-7,9-11H2,(H,18,19). The Morgan fingerprint density at radius 1 is 1.47 bits per heavy atom. The molecule has 1 aromatic heterocycles. The predicted octanol–water partition coefficient (Wildman–Crippen LogP) is 1.41. The van der Waals surface area contributed by atoms with Crippen LogP contribution in [0.4, 0.5) is 0 Å². The molecule has 1 aliphatic carbocycles. The number of nitrogens with one attached hydrogen (secondary N) is 2. The molecule has 2 N–H and O–H groups in total. The number of hydrogen-bond donors (Lipinski definition) is 2. The van der Waals surface area contributed by atoms with Crippen molar-refractivity contribution in [3.8, 4) is 0 Å². The summed E-state index contributed by atoms with van der Waals surface area (Å²) >= 11 is 0. The molecule has 1 amide bonds. The lowest BCUT2D eigenvalue weighted by Crippen LogP contribution is -2.59. The Balaban J connectivity index is 1.52. The summed E-state index contributed by atoms with van der Waals surface area (Å²) in [6.45, 7) is 1.02.